The molecule has 1 atom stereocenters. The molecule has 0 unspecified atom stereocenters. The van der Waals surface area contributed by atoms with E-state index in [-0.39, 0.29) is 18.5 Å². The van der Waals surface area contributed by atoms with Crippen LogP contribution in [0.25, 0.3) is 0 Å². The highest BCUT2D eigenvalue weighted by Crippen LogP contribution is 2.23. The highest BCUT2D eigenvalue weighted by Gasteiger charge is 2.32. The van der Waals surface area contributed by atoms with Crippen LogP contribution in [-0.4, -0.2) is 57.1 Å². The van der Waals surface area contributed by atoms with E-state index in [4.69, 9.17) is 4.74 Å². The van der Waals surface area contributed by atoms with Crippen LogP contribution in [-0.2, 0) is 26.2 Å². The van der Waals surface area contributed by atoms with Gasteiger partial charge in [-0.1, -0.05) is 37.3 Å². The van der Waals surface area contributed by atoms with Crippen LogP contribution in [0.5, 0.6) is 5.75 Å². The smallest absolute Gasteiger partial charge is 0.244 e. The third-order valence-electron chi connectivity index (χ3n) is 5.39. The number of carbonyl (C=O) groups excluding carboxylic acids is 2. The molecule has 0 heterocycles. The molecule has 0 bridgehead atoms. The van der Waals surface area contributed by atoms with E-state index in [0.29, 0.717) is 17.9 Å². The van der Waals surface area contributed by atoms with Crippen molar-refractivity contribution in [3.8, 4) is 5.75 Å². The SMILES string of the molecule is CC[C@H](C(=O)NC(C)C)N(Cc1ccc(OC)cc1)C(=O)CN(c1ccccc1C)S(C)(=O)=O. The molecular weight excluding hydrogens is 454 g/mol. The van der Waals surface area contributed by atoms with Crippen LogP contribution in [0.2, 0.25) is 0 Å². The van der Waals surface area contributed by atoms with Crippen LogP contribution in [0, 0.1) is 6.92 Å². The maximum absolute atomic E-state index is 13.6. The Labute approximate surface area is 202 Å². The molecule has 1 N–H and O–H groups in total. The van der Waals surface area contributed by atoms with Crippen LogP contribution >= 0.6 is 0 Å². The molecular formula is C25H35N3O5S. The number of aryl methyl sites for hydroxylation is 1. The first-order chi connectivity index (χ1) is 16.0. The molecule has 8 nitrogen and oxygen atoms in total. The van der Waals surface area contributed by atoms with E-state index in [0.717, 1.165) is 21.7 Å². The summed E-state index contributed by atoms with van der Waals surface area (Å²) in [6.45, 7) is 7.06. The number of nitrogens with one attached hydrogen (secondary N) is 1. The third kappa shape index (κ3) is 7.21. The Morgan fingerprint density at radius 2 is 1.68 bits per heavy atom. The minimum Gasteiger partial charge on any atom is -0.497 e. The van der Waals surface area contributed by atoms with Gasteiger partial charge >= 0.3 is 0 Å². The first kappa shape index (κ1) is 27.2. The molecule has 2 amide bonds. The van der Waals surface area contributed by atoms with Crippen molar-refractivity contribution in [3.05, 3.63) is 59.7 Å². The molecule has 0 fully saturated rings. The summed E-state index contributed by atoms with van der Waals surface area (Å²) >= 11 is 0. The van der Waals surface area contributed by atoms with Crippen LogP contribution in [0.4, 0.5) is 5.69 Å². The average Bonchev–Trinajstić information content (AvgIpc) is 2.77. The van der Waals surface area contributed by atoms with Gasteiger partial charge in [0.15, 0.2) is 0 Å². The second-order valence-electron chi connectivity index (χ2n) is 8.51. The van der Waals surface area contributed by atoms with E-state index in [9.17, 15) is 18.0 Å². The quantitative estimate of drug-likeness (QED) is 0.523. The van der Waals surface area contributed by atoms with Gasteiger partial charge in [-0.2, -0.15) is 0 Å². The highest BCUT2D eigenvalue weighted by atomic mass is 32.2. The van der Waals surface area contributed by atoms with Gasteiger partial charge in [-0.25, -0.2) is 8.42 Å². The summed E-state index contributed by atoms with van der Waals surface area (Å²) in [7, 11) is -2.18. The number of anilines is 1. The van der Waals surface area contributed by atoms with Gasteiger partial charge < -0.3 is 15.0 Å². The van der Waals surface area contributed by atoms with Crippen LogP contribution < -0.4 is 14.4 Å². The van der Waals surface area contributed by atoms with Gasteiger partial charge in [-0.05, 0) is 56.5 Å². The summed E-state index contributed by atoms with van der Waals surface area (Å²) in [5.41, 5.74) is 1.96. The fourth-order valence-electron chi connectivity index (χ4n) is 3.67. The minimum absolute atomic E-state index is 0.0982. The van der Waals surface area contributed by atoms with Crippen molar-refractivity contribution in [2.45, 2.75) is 52.7 Å². The molecule has 0 aliphatic rings. The van der Waals surface area contributed by atoms with Gasteiger partial charge in [0, 0.05) is 12.6 Å². The van der Waals surface area contributed by atoms with Crippen LogP contribution in [0.3, 0.4) is 0 Å². The van der Waals surface area contributed by atoms with Gasteiger partial charge in [0.2, 0.25) is 21.8 Å². The molecule has 0 saturated heterocycles. The van der Waals surface area contributed by atoms with Gasteiger partial charge in [-0.3, -0.25) is 13.9 Å². The number of hydrogen-bond donors (Lipinski definition) is 1. The molecule has 0 spiro atoms. The van der Waals surface area contributed by atoms with Gasteiger partial charge in [0.25, 0.3) is 0 Å². The number of para-hydroxylation sites is 1. The number of amides is 2. The van der Waals surface area contributed by atoms with Crippen molar-refractivity contribution < 1.29 is 22.7 Å². The molecule has 34 heavy (non-hydrogen) atoms. The lowest BCUT2D eigenvalue weighted by atomic mass is 10.1. The fourth-order valence-corrected chi connectivity index (χ4v) is 4.57. The number of ether oxygens (including phenoxy) is 1. The van der Waals surface area contributed by atoms with Crippen LogP contribution in [0.1, 0.15) is 38.3 Å². The van der Waals surface area contributed by atoms with Crippen molar-refractivity contribution in [3.63, 3.8) is 0 Å². The zero-order chi connectivity index (χ0) is 25.5. The molecule has 0 saturated carbocycles. The van der Waals surface area contributed by atoms with E-state index < -0.39 is 28.5 Å². The standard InChI is InChI=1S/C25H35N3O5S/c1-7-22(25(30)26-18(2)3)27(16-20-12-14-21(33-5)15-13-20)24(29)17-28(34(6,31)32)23-11-9-8-10-19(23)4/h8-15,18,22H,7,16-17H2,1-6H3,(H,26,30)/t22-/m1/s1. The van der Waals surface area contributed by atoms with E-state index in [1.165, 1.54) is 4.90 Å². The molecule has 0 aliphatic heterocycles. The summed E-state index contributed by atoms with van der Waals surface area (Å²) in [5, 5.41) is 2.87. The number of hydrogen-bond acceptors (Lipinski definition) is 5. The van der Waals surface area contributed by atoms with Crippen molar-refractivity contribution in [1.82, 2.24) is 10.2 Å². The predicted octanol–water partition coefficient (Wildman–Crippen LogP) is 3.10. The number of carbonyl (C=O) groups is 2. The Morgan fingerprint density at radius 3 is 2.18 bits per heavy atom. The summed E-state index contributed by atoms with van der Waals surface area (Å²) in [4.78, 5) is 28.0. The second kappa shape index (κ2) is 11.9. The maximum atomic E-state index is 13.6. The first-order valence-corrected chi connectivity index (χ1v) is 13.1. The topological polar surface area (TPSA) is 96.0 Å². The zero-order valence-electron chi connectivity index (χ0n) is 20.7. The lowest BCUT2D eigenvalue weighted by Crippen LogP contribution is -2.53. The summed E-state index contributed by atoms with van der Waals surface area (Å²) in [6.07, 6.45) is 1.45. The normalized spacial score (nSPS) is 12.2. The predicted molar refractivity (Wildman–Crippen MR) is 134 cm³/mol. The zero-order valence-corrected chi connectivity index (χ0v) is 21.6. The maximum Gasteiger partial charge on any atom is 0.244 e. The second-order valence-corrected chi connectivity index (χ2v) is 10.4. The van der Waals surface area contributed by atoms with Gasteiger partial charge in [-0.15, -0.1) is 0 Å². The molecule has 9 heteroatoms. The molecule has 186 valence electrons. The van der Waals surface area contributed by atoms with Crippen molar-refractivity contribution in [2.75, 3.05) is 24.2 Å². The highest BCUT2D eigenvalue weighted by molar-refractivity contribution is 7.92. The Kier molecular flexibility index (Phi) is 9.49. The van der Waals surface area contributed by atoms with E-state index in [2.05, 4.69) is 5.32 Å². The number of sulfonamides is 1. The van der Waals surface area contributed by atoms with E-state index in [1.807, 2.05) is 32.9 Å². The summed E-state index contributed by atoms with van der Waals surface area (Å²) < 4.78 is 31.6. The van der Waals surface area contributed by atoms with Crippen molar-refractivity contribution in [2.24, 2.45) is 0 Å². The summed E-state index contributed by atoms with van der Waals surface area (Å²) in [6, 6.07) is 13.3. The summed E-state index contributed by atoms with van der Waals surface area (Å²) in [5.74, 6) is -0.0644. The minimum atomic E-state index is -3.75. The van der Waals surface area contributed by atoms with Gasteiger partial charge in [0.1, 0.15) is 18.3 Å². The molecule has 0 aromatic heterocycles. The molecule has 0 radical (unpaired) electrons. The Morgan fingerprint density at radius 1 is 1.06 bits per heavy atom. The molecule has 0 aliphatic carbocycles. The Balaban J connectivity index is 2.44. The lowest BCUT2D eigenvalue weighted by molar-refractivity contribution is -0.140. The number of methoxy groups -OCH3 is 1. The Bertz CT molecular complexity index is 1080. The molecule has 2 rings (SSSR count). The van der Waals surface area contributed by atoms with Crippen molar-refractivity contribution in [1.29, 1.82) is 0 Å². The Hall–Kier alpha value is -3.07. The van der Waals surface area contributed by atoms with Gasteiger partial charge in [0.05, 0.1) is 19.1 Å². The largest absolute Gasteiger partial charge is 0.497 e. The van der Waals surface area contributed by atoms with Crippen LogP contribution in [0.15, 0.2) is 48.5 Å². The first-order valence-electron chi connectivity index (χ1n) is 11.2. The fraction of sp³-hybridized carbons (Fsp3) is 0.440. The monoisotopic (exact) mass is 489 g/mol. The molecule has 2 aromatic carbocycles. The van der Waals surface area contributed by atoms with E-state index >= 15 is 0 Å². The number of rotatable bonds is 11. The third-order valence-corrected chi connectivity index (χ3v) is 6.52. The number of nitrogens with zero attached hydrogens (tertiary/aromatic N) is 2. The molecule has 2 aromatic rings. The van der Waals surface area contributed by atoms with Crippen molar-refractivity contribution >= 4 is 27.5 Å². The van der Waals surface area contributed by atoms with E-state index in [1.54, 1.807) is 50.4 Å². The lowest BCUT2D eigenvalue weighted by Gasteiger charge is -2.33. The average molecular weight is 490 g/mol. The number of benzene rings is 2.